The highest BCUT2D eigenvalue weighted by molar-refractivity contribution is 5.91. The maximum absolute atomic E-state index is 12.5. The molecular formula is C16H22N2O3. The highest BCUT2D eigenvalue weighted by Gasteiger charge is 2.24. The van der Waals surface area contributed by atoms with Crippen LogP contribution in [0, 0.1) is 0 Å². The zero-order chi connectivity index (χ0) is 15.4. The summed E-state index contributed by atoms with van der Waals surface area (Å²) in [4.78, 5) is 27.8. The SMILES string of the molecule is CC1CN(C)CCCN1C(=O)Cc1ccccc1C(=O)O. The summed E-state index contributed by atoms with van der Waals surface area (Å²) in [6, 6.07) is 6.87. The first-order valence-corrected chi connectivity index (χ1v) is 7.28. The second kappa shape index (κ2) is 6.72. The van der Waals surface area contributed by atoms with Gasteiger partial charge in [0.15, 0.2) is 0 Å². The smallest absolute Gasteiger partial charge is 0.335 e. The largest absolute Gasteiger partial charge is 0.478 e. The molecule has 1 aromatic rings. The minimum atomic E-state index is -0.984. The Morgan fingerprint density at radius 3 is 2.71 bits per heavy atom. The summed E-state index contributed by atoms with van der Waals surface area (Å²) < 4.78 is 0. The van der Waals surface area contributed by atoms with Crippen LogP contribution in [0.1, 0.15) is 29.3 Å². The second-order valence-electron chi connectivity index (χ2n) is 5.69. The van der Waals surface area contributed by atoms with Gasteiger partial charge in [-0.15, -0.1) is 0 Å². The highest BCUT2D eigenvalue weighted by Crippen LogP contribution is 2.14. The van der Waals surface area contributed by atoms with E-state index in [0.717, 1.165) is 26.1 Å². The standard InChI is InChI=1S/C16H22N2O3/c1-12-11-17(2)8-5-9-18(12)15(19)10-13-6-3-4-7-14(13)16(20)21/h3-4,6-7,12H,5,8-11H2,1-2H3,(H,20,21). The van der Waals surface area contributed by atoms with Gasteiger partial charge in [0.2, 0.25) is 5.91 Å². The minimum Gasteiger partial charge on any atom is -0.478 e. The van der Waals surface area contributed by atoms with E-state index in [2.05, 4.69) is 11.9 Å². The number of amides is 1. The summed E-state index contributed by atoms with van der Waals surface area (Å²) in [6.07, 6.45) is 1.10. The molecule has 1 aliphatic heterocycles. The van der Waals surface area contributed by atoms with Crippen molar-refractivity contribution in [2.24, 2.45) is 0 Å². The lowest BCUT2D eigenvalue weighted by Gasteiger charge is -2.28. The Kier molecular flexibility index (Phi) is 4.96. The van der Waals surface area contributed by atoms with E-state index < -0.39 is 5.97 Å². The summed E-state index contributed by atoms with van der Waals surface area (Å²) in [5.74, 6) is -0.978. The van der Waals surface area contributed by atoms with Crippen LogP contribution in [0.2, 0.25) is 0 Å². The van der Waals surface area contributed by atoms with Gasteiger partial charge in [-0.25, -0.2) is 4.79 Å². The van der Waals surface area contributed by atoms with Gasteiger partial charge in [-0.3, -0.25) is 4.79 Å². The zero-order valence-corrected chi connectivity index (χ0v) is 12.6. The van der Waals surface area contributed by atoms with Crippen LogP contribution in [-0.2, 0) is 11.2 Å². The molecule has 1 amide bonds. The second-order valence-corrected chi connectivity index (χ2v) is 5.69. The van der Waals surface area contributed by atoms with Crippen molar-refractivity contribution in [2.45, 2.75) is 25.8 Å². The molecule has 1 aromatic carbocycles. The molecule has 2 rings (SSSR count). The van der Waals surface area contributed by atoms with Crippen LogP contribution in [0.5, 0.6) is 0 Å². The first kappa shape index (κ1) is 15.5. The van der Waals surface area contributed by atoms with Crippen LogP contribution in [0.25, 0.3) is 0 Å². The molecule has 1 atom stereocenters. The van der Waals surface area contributed by atoms with Gasteiger partial charge in [0.05, 0.1) is 12.0 Å². The molecular weight excluding hydrogens is 268 g/mol. The molecule has 0 aromatic heterocycles. The van der Waals surface area contributed by atoms with Gasteiger partial charge in [0.1, 0.15) is 0 Å². The Morgan fingerprint density at radius 2 is 2.00 bits per heavy atom. The Balaban J connectivity index is 2.12. The first-order valence-electron chi connectivity index (χ1n) is 7.28. The third-order valence-electron chi connectivity index (χ3n) is 3.96. The highest BCUT2D eigenvalue weighted by atomic mass is 16.4. The fraction of sp³-hybridized carbons (Fsp3) is 0.500. The van der Waals surface area contributed by atoms with E-state index in [4.69, 9.17) is 0 Å². The number of nitrogens with zero attached hydrogens (tertiary/aromatic N) is 2. The van der Waals surface area contributed by atoms with Crippen molar-refractivity contribution in [3.8, 4) is 0 Å². The number of benzene rings is 1. The Hall–Kier alpha value is -1.88. The third kappa shape index (κ3) is 3.82. The third-order valence-corrected chi connectivity index (χ3v) is 3.96. The normalized spacial score (nSPS) is 20.1. The molecule has 0 aliphatic carbocycles. The molecule has 1 unspecified atom stereocenters. The van der Waals surface area contributed by atoms with Crippen LogP contribution in [0.3, 0.4) is 0 Å². The lowest BCUT2D eigenvalue weighted by Crippen LogP contribution is -2.42. The average molecular weight is 290 g/mol. The van der Waals surface area contributed by atoms with Crippen molar-refractivity contribution in [3.05, 3.63) is 35.4 Å². The van der Waals surface area contributed by atoms with E-state index in [1.165, 1.54) is 0 Å². The van der Waals surface area contributed by atoms with Crippen LogP contribution < -0.4 is 0 Å². The number of hydrogen-bond donors (Lipinski definition) is 1. The molecule has 0 bridgehead atoms. The van der Waals surface area contributed by atoms with E-state index in [0.29, 0.717) is 5.56 Å². The molecule has 1 N–H and O–H groups in total. The molecule has 1 fully saturated rings. The van der Waals surface area contributed by atoms with E-state index in [1.807, 2.05) is 11.8 Å². The average Bonchev–Trinajstić information content (AvgIpc) is 2.59. The molecule has 21 heavy (non-hydrogen) atoms. The Labute approximate surface area is 125 Å². The lowest BCUT2D eigenvalue weighted by atomic mass is 10.0. The van der Waals surface area contributed by atoms with Crippen molar-refractivity contribution in [1.82, 2.24) is 9.80 Å². The number of rotatable bonds is 3. The number of hydrogen-bond acceptors (Lipinski definition) is 3. The predicted octanol–water partition coefficient (Wildman–Crippen LogP) is 1.48. The predicted molar refractivity (Wildman–Crippen MR) is 80.4 cm³/mol. The zero-order valence-electron chi connectivity index (χ0n) is 12.6. The van der Waals surface area contributed by atoms with Gasteiger partial charge < -0.3 is 14.9 Å². The van der Waals surface area contributed by atoms with Gasteiger partial charge in [-0.05, 0) is 38.6 Å². The van der Waals surface area contributed by atoms with Crippen LogP contribution in [-0.4, -0.2) is 59.5 Å². The molecule has 1 aliphatic rings. The van der Waals surface area contributed by atoms with Gasteiger partial charge in [0, 0.05) is 19.1 Å². The van der Waals surface area contributed by atoms with Gasteiger partial charge in [0.25, 0.3) is 0 Å². The number of likely N-dealkylation sites (N-methyl/N-ethyl adjacent to an activating group) is 1. The fourth-order valence-corrected chi connectivity index (χ4v) is 2.89. The molecule has 114 valence electrons. The molecule has 0 saturated carbocycles. The maximum Gasteiger partial charge on any atom is 0.335 e. The number of carbonyl (C=O) groups is 2. The van der Waals surface area contributed by atoms with Gasteiger partial charge in [-0.2, -0.15) is 0 Å². The van der Waals surface area contributed by atoms with Crippen molar-refractivity contribution in [2.75, 3.05) is 26.7 Å². The van der Waals surface area contributed by atoms with Crippen molar-refractivity contribution in [3.63, 3.8) is 0 Å². The first-order chi connectivity index (χ1) is 9.99. The van der Waals surface area contributed by atoms with Gasteiger partial charge >= 0.3 is 5.97 Å². The van der Waals surface area contributed by atoms with Crippen LogP contribution >= 0.6 is 0 Å². The van der Waals surface area contributed by atoms with Crippen LogP contribution in [0.4, 0.5) is 0 Å². The molecule has 5 nitrogen and oxygen atoms in total. The van der Waals surface area contributed by atoms with E-state index in [1.54, 1.807) is 24.3 Å². The van der Waals surface area contributed by atoms with E-state index >= 15 is 0 Å². The lowest BCUT2D eigenvalue weighted by molar-refractivity contribution is -0.132. The summed E-state index contributed by atoms with van der Waals surface area (Å²) in [5, 5.41) is 9.19. The maximum atomic E-state index is 12.5. The van der Waals surface area contributed by atoms with E-state index in [9.17, 15) is 14.7 Å². The van der Waals surface area contributed by atoms with Crippen molar-refractivity contribution >= 4 is 11.9 Å². The number of carboxylic acid groups (broad SMARTS) is 1. The quantitative estimate of drug-likeness (QED) is 0.916. The molecule has 1 heterocycles. The van der Waals surface area contributed by atoms with Crippen molar-refractivity contribution < 1.29 is 14.7 Å². The van der Waals surface area contributed by atoms with E-state index in [-0.39, 0.29) is 23.9 Å². The Morgan fingerprint density at radius 1 is 1.29 bits per heavy atom. The number of carboxylic acids is 1. The summed E-state index contributed by atoms with van der Waals surface area (Å²) in [6.45, 7) is 4.62. The summed E-state index contributed by atoms with van der Waals surface area (Å²) in [7, 11) is 2.06. The molecule has 0 spiro atoms. The molecule has 5 heteroatoms. The van der Waals surface area contributed by atoms with Gasteiger partial charge in [-0.1, -0.05) is 18.2 Å². The summed E-state index contributed by atoms with van der Waals surface area (Å²) in [5.41, 5.74) is 0.797. The number of aromatic carboxylic acids is 1. The molecule has 0 radical (unpaired) electrons. The topological polar surface area (TPSA) is 60.9 Å². The Bertz CT molecular complexity index is 530. The number of carbonyl (C=O) groups excluding carboxylic acids is 1. The monoisotopic (exact) mass is 290 g/mol. The van der Waals surface area contributed by atoms with Crippen LogP contribution in [0.15, 0.2) is 24.3 Å². The fourth-order valence-electron chi connectivity index (χ4n) is 2.89. The molecule has 1 saturated heterocycles. The minimum absolute atomic E-state index is 0.00602. The summed E-state index contributed by atoms with van der Waals surface area (Å²) >= 11 is 0. The van der Waals surface area contributed by atoms with Crippen molar-refractivity contribution in [1.29, 1.82) is 0 Å².